The fourth-order valence-electron chi connectivity index (χ4n) is 8.48. The highest BCUT2D eigenvalue weighted by molar-refractivity contribution is 6.87. The number of ether oxygens (including phenoxy) is 2. The number of hydrogen-bond donors (Lipinski definition) is 2. The number of aromatic amines is 1. The van der Waals surface area contributed by atoms with Crippen LogP contribution in [-0.2, 0) is 15.9 Å². The Labute approximate surface area is 309 Å². The molecule has 3 heterocycles. The molecule has 280 valence electrons. The Kier molecular flexibility index (Phi) is 10.7. The number of halogens is 5. The van der Waals surface area contributed by atoms with Crippen LogP contribution in [0.2, 0.25) is 5.04 Å². The van der Waals surface area contributed by atoms with Crippen LogP contribution in [0.1, 0.15) is 55.3 Å². The Morgan fingerprint density at radius 2 is 1.49 bits per heavy atom. The van der Waals surface area contributed by atoms with Gasteiger partial charge in [-0.15, -0.1) is 0 Å². The first-order valence-electron chi connectivity index (χ1n) is 18.2. The largest absolute Gasteiger partial charge is 0.376 e. The van der Waals surface area contributed by atoms with E-state index in [9.17, 15) is 4.39 Å². The molecule has 2 N–H and O–H groups in total. The van der Waals surface area contributed by atoms with Gasteiger partial charge >= 0.3 is 0 Å². The molecule has 1 fully saturated rings. The molecule has 53 heavy (non-hydrogen) atoms. The number of aromatic nitrogens is 1. The fraction of sp³-hybridized carbons (Fsp3) is 0.381. The summed E-state index contributed by atoms with van der Waals surface area (Å²) in [6.45, 7) is 5.63. The van der Waals surface area contributed by atoms with Gasteiger partial charge in [0.05, 0.1) is 18.7 Å². The molecule has 0 radical (unpaired) electrons. The summed E-state index contributed by atoms with van der Waals surface area (Å²) in [7, 11) is -0.433. The molecule has 1 saturated heterocycles. The number of rotatable bonds is 13. The highest BCUT2D eigenvalue weighted by atomic mass is 28.3. The lowest BCUT2D eigenvalue weighted by Gasteiger charge is -2.43. The van der Waals surface area contributed by atoms with Crippen molar-refractivity contribution in [1.29, 1.82) is 0 Å². The maximum atomic E-state index is 16.4. The minimum atomic E-state index is -3.37. The van der Waals surface area contributed by atoms with Gasteiger partial charge in [0.15, 0.2) is 0 Å². The second kappa shape index (κ2) is 15.1. The maximum Gasteiger partial charge on any atom is 0.283 e. The molecule has 1 aromatic heterocycles. The summed E-state index contributed by atoms with van der Waals surface area (Å²) < 4.78 is 91.3. The number of fused-ring (bicyclic) bond motifs is 3. The molecule has 7 rings (SSSR count). The average molecular weight is 748 g/mol. The normalized spacial score (nSPS) is 19.1. The van der Waals surface area contributed by atoms with E-state index in [2.05, 4.69) is 48.4 Å². The SMILES string of the molecule is COC(c1cc(F)c([C@@H]2c3[nH]c4ccc(F)cc4c3C[C@@H](C)N2CC(F)(F)COCC(C)(C)[SiH](c2ccccc2)c2ccccc2)c(F)c1)C1CNC1. The standard InChI is InChI=1S/C42H46F5N3O2Si/c1-26-17-33-32-20-29(43)15-16-36(32)49-38(33)39(37-34(44)18-27(19-35(37)45)40(51-4)28-21-48-22-28)50(26)23-42(46,47)25-52-24-41(2,3)53(30-11-7-5-8-12-30)31-13-9-6-10-14-31/h5-16,18-20,26,28,39-40,48-49,53H,17,21-25H2,1-4H3/t26-,39-,40?/m1/s1. The third kappa shape index (κ3) is 7.59. The third-order valence-electron chi connectivity index (χ3n) is 11.0. The molecule has 3 atom stereocenters. The number of nitrogens with one attached hydrogen (secondary N) is 2. The van der Waals surface area contributed by atoms with E-state index in [0.717, 1.165) is 0 Å². The molecule has 0 aliphatic carbocycles. The lowest BCUT2D eigenvalue weighted by atomic mass is 9.85. The Hall–Kier alpha value is -3.87. The molecule has 2 aliphatic heterocycles. The molecule has 5 nitrogen and oxygen atoms in total. The molecule has 0 amide bonds. The minimum absolute atomic E-state index is 0.0491. The Balaban J connectivity index is 1.18. The first-order chi connectivity index (χ1) is 25.4. The Bertz CT molecular complexity index is 1980. The van der Waals surface area contributed by atoms with E-state index in [4.69, 9.17) is 9.47 Å². The van der Waals surface area contributed by atoms with Crippen molar-refractivity contribution in [2.24, 2.45) is 5.92 Å². The topological polar surface area (TPSA) is 49.5 Å². The predicted molar refractivity (Wildman–Crippen MR) is 202 cm³/mol. The quantitative estimate of drug-likeness (QED) is 0.0982. The molecule has 0 bridgehead atoms. The van der Waals surface area contributed by atoms with Crippen LogP contribution in [0.3, 0.4) is 0 Å². The monoisotopic (exact) mass is 747 g/mol. The van der Waals surface area contributed by atoms with Gasteiger partial charge in [-0.2, -0.15) is 0 Å². The van der Waals surface area contributed by atoms with E-state index in [-0.39, 0.29) is 24.5 Å². The van der Waals surface area contributed by atoms with Crippen LogP contribution in [0.15, 0.2) is 91.0 Å². The third-order valence-corrected chi connectivity index (χ3v) is 14.9. The predicted octanol–water partition coefficient (Wildman–Crippen LogP) is 7.30. The fourth-order valence-corrected chi connectivity index (χ4v) is 12.2. The van der Waals surface area contributed by atoms with Crippen LogP contribution in [-0.4, -0.2) is 70.6 Å². The van der Waals surface area contributed by atoms with Gasteiger partial charge in [-0.1, -0.05) is 84.9 Å². The summed E-state index contributed by atoms with van der Waals surface area (Å²) >= 11 is 0. The molecule has 11 heteroatoms. The van der Waals surface area contributed by atoms with Crippen molar-refractivity contribution in [1.82, 2.24) is 15.2 Å². The molecule has 0 saturated carbocycles. The first kappa shape index (κ1) is 37.4. The summed E-state index contributed by atoms with van der Waals surface area (Å²) in [5, 5.41) is 5.67. The van der Waals surface area contributed by atoms with Crippen molar-refractivity contribution in [2.45, 2.75) is 56.3 Å². The van der Waals surface area contributed by atoms with Crippen LogP contribution in [0.25, 0.3) is 10.9 Å². The van der Waals surface area contributed by atoms with Crippen LogP contribution >= 0.6 is 0 Å². The van der Waals surface area contributed by atoms with Crippen molar-refractivity contribution in [2.75, 3.05) is 40.0 Å². The zero-order valence-electron chi connectivity index (χ0n) is 30.4. The van der Waals surface area contributed by atoms with E-state index in [0.29, 0.717) is 40.8 Å². The summed E-state index contributed by atoms with van der Waals surface area (Å²) in [6.07, 6.45) is -0.248. The van der Waals surface area contributed by atoms with E-state index in [1.807, 2.05) is 36.4 Å². The van der Waals surface area contributed by atoms with E-state index in [1.54, 1.807) is 13.0 Å². The first-order valence-corrected chi connectivity index (χ1v) is 19.9. The van der Waals surface area contributed by atoms with Gasteiger partial charge in [0.1, 0.15) is 32.9 Å². The lowest BCUT2D eigenvalue weighted by Crippen LogP contribution is -2.52. The minimum Gasteiger partial charge on any atom is -0.376 e. The van der Waals surface area contributed by atoms with Gasteiger partial charge in [0.25, 0.3) is 5.92 Å². The Morgan fingerprint density at radius 3 is 2.06 bits per heavy atom. The van der Waals surface area contributed by atoms with Gasteiger partial charge in [0.2, 0.25) is 0 Å². The Morgan fingerprint density at radius 1 is 0.868 bits per heavy atom. The van der Waals surface area contributed by atoms with Crippen molar-refractivity contribution < 1.29 is 31.4 Å². The highest BCUT2D eigenvalue weighted by Crippen LogP contribution is 2.44. The second-order valence-electron chi connectivity index (χ2n) is 15.4. The summed E-state index contributed by atoms with van der Waals surface area (Å²) in [5.74, 6) is -5.49. The number of alkyl halides is 2. The van der Waals surface area contributed by atoms with Crippen molar-refractivity contribution in [3.8, 4) is 0 Å². The van der Waals surface area contributed by atoms with Crippen molar-refractivity contribution in [3.05, 3.63) is 131 Å². The number of nitrogens with zero attached hydrogens (tertiary/aromatic N) is 1. The van der Waals surface area contributed by atoms with Gasteiger partial charge in [0, 0.05) is 60.9 Å². The summed E-state index contributed by atoms with van der Waals surface area (Å²) in [4.78, 5) is 4.69. The van der Waals surface area contributed by atoms with Gasteiger partial charge in [-0.25, -0.2) is 22.0 Å². The molecule has 2 aliphatic rings. The van der Waals surface area contributed by atoms with Crippen LogP contribution < -0.4 is 15.7 Å². The number of H-pyrrole nitrogens is 1. The van der Waals surface area contributed by atoms with Gasteiger partial charge in [-0.3, -0.25) is 4.90 Å². The van der Waals surface area contributed by atoms with E-state index in [1.165, 1.54) is 46.6 Å². The highest BCUT2D eigenvalue weighted by Gasteiger charge is 2.45. The smallest absolute Gasteiger partial charge is 0.283 e. The number of hydrogen-bond acceptors (Lipinski definition) is 4. The summed E-state index contributed by atoms with van der Waals surface area (Å²) in [5.41, 5.74) is 1.61. The van der Waals surface area contributed by atoms with Gasteiger partial charge in [-0.05, 0) is 59.8 Å². The van der Waals surface area contributed by atoms with Gasteiger partial charge < -0.3 is 19.8 Å². The molecule has 1 unspecified atom stereocenters. The maximum absolute atomic E-state index is 16.4. The molecule has 0 spiro atoms. The van der Waals surface area contributed by atoms with Crippen LogP contribution in [0.4, 0.5) is 22.0 Å². The molecular formula is C42H46F5N3O2Si. The zero-order valence-corrected chi connectivity index (χ0v) is 31.6. The second-order valence-corrected chi connectivity index (χ2v) is 19.2. The average Bonchev–Trinajstić information content (AvgIpc) is 3.44. The molecule has 4 aromatic carbocycles. The molecule has 5 aromatic rings. The van der Waals surface area contributed by atoms with Crippen LogP contribution in [0, 0.1) is 23.4 Å². The van der Waals surface area contributed by atoms with E-state index < -0.39 is 68.5 Å². The molecular weight excluding hydrogens is 702 g/mol. The number of benzene rings is 4. The van der Waals surface area contributed by atoms with Crippen LogP contribution in [0.5, 0.6) is 0 Å². The van der Waals surface area contributed by atoms with Crippen molar-refractivity contribution in [3.63, 3.8) is 0 Å². The number of methoxy groups -OCH3 is 1. The van der Waals surface area contributed by atoms with E-state index >= 15 is 17.6 Å². The van der Waals surface area contributed by atoms with Crippen molar-refractivity contribution >= 4 is 30.1 Å². The summed E-state index contributed by atoms with van der Waals surface area (Å²) in [6, 6.07) is 25.2. The zero-order chi connectivity index (χ0) is 37.5. The lowest BCUT2D eigenvalue weighted by molar-refractivity contribution is -0.108.